The number of amides is 1. The number of carbonyl (C=O) groups excluding carboxylic acids is 1. The molecule has 12 heteroatoms. The zero-order valence-electron chi connectivity index (χ0n) is 23.6. The second-order valence-corrected chi connectivity index (χ2v) is 13.6. The van der Waals surface area contributed by atoms with Crippen LogP contribution in [0.2, 0.25) is 5.28 Å². The van der Waals surface area contributed by atoms with Crippen LogP contribution >= 0.6 is 20.0 Å². The first-order chi connectivity index (χ1) is 17.8. The Hall–Kier alpha value is -1.42. The maximum Gasteiger partial charge on any atom is 0.226 e. The van der Waals surface area contributed by atoms with E-state index in [1.807, 2.05) is 41.5 Å². The largest absolute Gasteiger partial charge is 0.369 e. The van der Waals surface area contributed by atoms with Crippen LogP contribution in [-0.2, 0) is 23.3 Å². The fraction of sp³-hybridized carbons (Fsp3) is 0.769. The van der Waals surface area contributed by atoms with Crippen molar-refractivity contribution in [3.05, 3.63) is 11.5 Å². The summed E-state index contributed by atoms with van der Waals surface area (Å²) in [5, 5.41) is 5.37. The smallest absolute Gasteiger partial charge is 0.226 e. The summed E-state index contributed by atoms with van der Waals surface area (Å²) in [5.41, 5.74) is -0.0843. The Labute approximate surface area is 231 Å². The molecule has 2 fully saturated rings. The molecule has 1 aliphatic carbocycles. The van der Waals surface area contributed by atoms with Crippen LogP contribution in [0.25, 0.3) is 11.0 Å². The predicted molar refractivity (Wildman–Crippen MR) is 148 cm³/mol. The van der Waals surface area contributed by atoms with Gasteiger partial charge < -0.3 is 18.5 Å². The fourth-order valence-electron chi connectivity index (χ4n) is 4.95. The van der Waals surface area contributed by atoms with E-state index in [1.54, 1.807) is 22.7 Å². The van der Waals surface area contributed by atoms with Crippen LogP contribution in [0.1, 0.15) is 93.2 Å². The monoisotopic (exact) mass is 569 g/mol. The van der Waals surface area contributed by atoms with Gasteiger partial charge in [0.15, 0.2) is 26.1 Å². The number of aromatic nitrogens is 4. The first-order valence-electron chi connectivity index (χ1n) is 13.4. The van der Waals surface area contributed by atoms with Crippen LogP contribution in [-0.4, -0.2) is 62.0 Å². The van der Waals surface area contributed by atoms with E-state index < -0.39 is 8.38 Å². The summed E-state index contributed by atoms with van der Waals surface area (Å²) in [7, 11) is -1.21. The van der Waals surface area contributed by atoms with Crippen molar-refractivity contribution >= 4 is 42.7 Å². The van der Waals surface area contributed by atoms with Crippen LogP contribution in [0.3, 0.4) is 0 Å². The molecule has 0 aromatic carbocycles. The third-order valence-electron chi connectivity index (χ3n) is 6.27. The van der Waals surface area contributed by atoms with E-state index in [0.29, 0.717) is 29.8 Å². The number of rotatable bonds is 9. The number of nitrogens with zero attached hydrogens (tertiary/aromatic N) is 5. The van der Waals surface area contributed by atoms with Gasteiger partial charge in [-0.25, -0.2) is 4.68 Å². The normalized spacial score (nSPS) is 21.2. The number of ether oxygens (including phenoxy) is 2. The standard InChI is InChI=1S/C26H41ClN5O5P/c1-17(33)31(18-10-8-9-11-18)22-20-14-28-32(23(20)30-24(27)29-22)21-13-12-19(35-21)15-34-16-38(36-25(2,3)4)37-26(5,6)7/h14,18-19,21H,8-13,15-16H2,1-7H3. The molecule has 2 unspecified atom stereocenters. The van der Waals surface area contributed by atoms with E-state index in [2.05, 4.69) is 15.1 Å². The number of anilines is 1. The van der Waals surface area contributed by atoms with Crippen LogP contribution in [0.4, 0.5) is 5.82 Å². The number of carbonyl (C=O) groups is 1. The summed E-state index contributed by atoms with van der Waals surface area (Å²) >= 11 is 6.35. The average Bonchev–Trinajstić information content (AvgIpc) is 3.52. The van der Waals surface area contributed by atoms with E-state index >= 15 is 0 Å². The molecule has 2 atom stereocenters. The van der Waals surface area contributed by atoms with Crippen molar-refractivity contribution in [3.8, 4) is 0 Å². The van der Waals surface area contributed by atoms with Gasteiger partial charge in [0.2, 0.25) is 11.2 Å². The molecule has 1 saturated heterocycles. The van der Waals surface area contributed by atoms with Gasteiger partial charge in [-0.3, -0.25) is 9.69 Å². The van der Waals surface area contributed by atoms with Gasteiger partial charge in [0, 0.05) is 13.0 Å². The van der Waals surface area contributed by atoms with Crippen LogP contribution in [0.15, 0.2) is 6.20 Å². The third-order valence-corrected chi connectivity index (χ3v) is 8.34. The molecule has 1 aliphatic heterocycles. The second kappa shape index (κ2) is 12.0. The van der Waals surface area contributed by atoms with Crippen LogP contribution in [0, 0.1) is 0 Å². The summed E-state index contributed by atoms with van der Waals surface area (Å²) in [5.74, 6) is 0.468. The molecule has 38 heavy (non-hydrogen) atoms. The molecule has 3 heterocycles. The van der Waals surface area contributed by atoms with Crippen molar-refractivity contribution in [2.45, 2.75) is 117 Å². The molecule has 10 nitrogen and oxygen atoms in total. The van der Waals surface area contributed by atoms with Gasteiger partial charge in [0.25, 0.3) is 0 Å². The average molecular weight is 570 g/mol. The zero-order valence-corrected chi connectivity index (χ0v) is 25.2. The summed E-state index contributed by atoms with van der Waals surface area (Å²) < 4.78 is 26.3. The van der Waals surface area contributed by atoms with Crippen molar-refractivity contribution in [3.63, 3.8) is 0 Å². The highest BCUT2D eigenvalue weighted by atomic mass is 35.5. The second-order valence-electron chi connectivity index (χ2n) is 12.0. The Kier molecular flexibility index (Phi) is 9.32. The predicted octanol–water partition coefficient (Wildman–Crippen LogP) is 6.37. The molecule has 2 aromatic rings. The zero-order chi connectivity index (χ0) is 27.7. The minimum Gasteiger partial charge on any atom is -0.369 e. The third kappa shape index (κ3) is 7.61. The summed E-state index contributed by atoms with van der Waals surface area (Å²) in [6, 6.07) is 0.115. The van der Waals surface area contributed by atoms with Gasteiger partial charge in [-0.05, 0) is 78.8 Å². The topological polar surface area (TPSA) is 101 Å². The van der Waals surface area contributed by atoms with E-state index in [4.69, 9.17) is 30.1 Å². The number of fused-ring (bicyclic) bond motifs is 1. The fourth-order valence-corrected chi connectivity index (χ4v) is 6.73. The molecule has 0 bridgehead atoms. The number of halogens is 1. The Morgan fingerprint density at radius 3 is 2.37 bits per heavy atom. The van der Waals surface area contributed by atoms with Crippen molar-refractivity contribution in [1.29, 1.82) is 0 Å². The van der Waals surface area contributed by atoms with E-state index in [-0.39, 0.29) is 40.8 Å². The van der Waals surface area contributed by atoms with Gasteiger partial charge in [0.1, 0.15) is 6.35 Å². The van der Waals surface area contributed by atoms with Crippen LogP contribution in [0.5, 0.6) is 0 Å². The molecular weight excluding hydrogens is 529 g/mol. The molecule has 0 spiro atoms. The Bertz CT molecular complexity index is 1100. The van der Waals surface area contributed by atoms with Gasteiger partial charge >= 0.3 is 0 Å². The van der Waals surface area contributed by atoms with Gasteiger partial charge in [-0.2, -0.15) is 15.1 Å². The SMILES string of the molecule is CC(=O)N(c1nc(Cl)nc2c1cnn2C1CCC(COCP(OC(C)(C)C)OC(C)(C)C)O1)C1CCCC1. The molecule has 0 radical (unpaired) electrons. The minimum absolute atomic E-state index is 0.0547. The maximum absolute atomic E-state index is 12.6. The highest BCUT2D eigenvalue weighted by molar-refractivity contribution is 7.47. The summed E-state index contributed by atoms with van der Waals surface area (Å²) in [6.45, 7) is 14.1. The number of hydrogen-bond acceptors (Lipinski definition) is 8. The first-order valence-corrected chi connectivity index (χ1v) is 15.1. The molecule has 2 aliphatic rings. The van der Waals surface area contributed by atoms with E-state index in [9.17, 15) is 4.79 Å². The number of hydrogen-bond donors (Lipinski definition) is 0. The molecule has 212 valence electrons. The Morgan fingerprint density at radius 2 is 1.76 bits per heavy atom. The lowest BCUT2D eigenvalue weighted by Gasteiger charge is -2.31. The summed E-state index contributed by atoms with van der Waals surface area (Å²) in [6.07, 6.45) is 7.35. The van der Waals surface area contributed by atoms with Crippen molar-refractivity contribution < 1.29 is 23.3 Å². The Balaban J connectivity index is 1.43. The molecule has 1 amide bonds. The lowest BCUT2D eigenvalue weighted by atomic mass is 10.2. The first kappa shape index (κ1) is 29.6. The van der Waals surface area contributed by atoms with Crippen molar-refractivity contribution in [2.75, 3.05) is 17.9 Å². The highest BCUT2D eigenvalue weighted by Crippen LogP contribution is 2.46. The van der Waals surface area contributed by atoms with Crippen molar-refractivity contribution in [2.24, 2.45) is 0 Å². The highest BCUT2D eigenvalue weighted by Gasteiger charge is 2.33. The van der Waals surface area contributed by atoms with Crippen LogP contribution < -0.4 is 4.90 Å². The lowest BCUT2D eigenvalue weighted by Crippen LogP contribution is -2.38. The maximum atomic E-state index is 12.6. The molecule has 4 rings (SSSR count). The quantitative estimate of drug-likeness (QED) is 0.254. The lowest BCUT2D eigenvalue weighted by molar-refractivity contribution is -0.117. The molecule has 2 aromatic heterocycles. The van der Waals surface area contributed by atoms with E-state index in [1.165, 1.54) is 0 Å². The molecule has 1 saturated carbocycles. The van der Waals surface area contributed by atoms with Gasteiger partial charge in [-0.1, -0.05) is 12.8 Å². The minimum atomic E-state index is -1.21. The van der Waals surface area contributed by atoms with Crippen molar-refractivity contribution in [1.82, 2.24) is 19.7 Å². The summed E-state index contributed by atoms with van der Waals surface area (Å²) in [4.78, 5) is 23.3. The van der Waals surface area contributed by atoms with E-state index in [0.717, 1.165) is 38.5 Å². The Morgan fingerprint density at radius 1 is 1.11 bits per heavy atom. The van der Waals surface area contributed by atoms with Gasteiger partial charge in [0.05, 0.1) is 35.5 Å². The molecular formula is C26H41ClN5O5P. The molecule has 0 N–H and O–H groups in total. The van der Waals surface area contributed by atoms with Gasteiger partial charge in [-0.15, -0.1) is 0 Å².